The minimum Gasteiger partial charge on any atom is -0.385 e. The van der Waals surface area contributed by atoms with Crippen molar-refractivity contribution in [2.24, 2.45) is 5.92 Å². The van der Waals surface area contributed by atoms with E-state index < -0.39 is 5.60 Å². The van der Waals surface area contributed by atoms with Gasteiger partial charge >= 0.3 is 0 Å². The molecule has 2 aliphatic rings. The summed E-state index contributed by atoms with van der Waals surface area (Å²) in [6, 6.07) is 15.9. The molecular weight excluding hydrogens is 443 g/mol. The summed E-state index contributed by atoms with van der Waals surface area (Å²) in [6.07, 6.45) is 9.36. The van der Waals surface area contributed by atoms with Crippen LogP contribution < -0.4 is 0 Å². The fourth-order valence-electron chi connectivity index (χ4n) is 6.06. The molecule has 1 saturated heterocycles. The van der Waals surface area contributed by atoms with Gasteiger partial charge < -0.3 is 10.0 Å². The number of likely N-dealkylation sites (tertiary alicyclic amines) is 1. The van der Waals surface area contributed by atoms with E-state index in [1.54, 1.807) is 35.1 Å². The predicted octanol–water partition coefficient (Wildman–Crippen LogP) is 4.83. The Kier molecular flexibility index (Phi) is 5.37. The van der Waals surface area contributed by atoms with Gasteiger partial charge in [0, 0.05) is 36.5 Å². The van der Waals surface area contributed by atoms with Gasteiger partial charge in [-0.15, -0.1) is 0 Å². The van der Waals surface area contributed by atoms with E-state index in [4.69, 9.17) is 4.98 Å². The zero-order valence-electron chi connectivity index (χ0n) is 19.3. The minimum absolute atomic E-state index is 0.0270. The fraction of sp³-hybridized carbons (Fsp3) is 0.321. The maximum atomic E-state index is 14.0. The smallest absolute Gasteiger partial charge is 0.290 e. The summed E-state index contributed by atoms with van der Waals surface area (Å²) < 4.78 is 15.3. The van der Waals surface area contributed by atoms with Crippen molar-refractivity contribution in [1.29, 1.82) is 0 Å². The molecule has 0 spiro atoms. The van der Waals surface area contributed by atoms with E-state index in [9.17, 15) is 14.3 Å². The van der Waals surface area contributed by atoms with Crippen LogP contribution in [0.5, 0.6) is 0 Å². The molecule has 7 heteroatoms. The number of amides is 1. The lowest BCUT2D eigenvalue weighted by molar-refractivity contribution is -0.110. The van der Waals surface area contributed by atoms with Crippen LogP contribution >= 0.6 is 0 Å². The van der Waals surface area contributed by atoms with Crippen LogP contribution in [0.1, 0.15) is 48.3 Å². The lowest BCUT2D eigenvalue weighted by Gasteiger charge is -2.52. The Bertz CT molecular complexity index is 1370. The van der Waals surface area contributed by atoms with E-state index in [0.29, 0.717) is 30.0 Å². The zero-order valence-corrected chi connectivity index (χ0v) is 19.3. The van der Waals surface area contributed by atoms with Crippen molar-refractivity contribution in [2.75, 3.05) is 6.54 Å². The molecule has 2 aromatic heterocycles. The van der Waals surface area contributed by atoms with Crippen molar-refractivity contribution in [3.8, 4) is 11.3 Å². The van der Waals surface area contributed by atoms with E-state index in [1.807, 2.05) is 35.2 Å². The van der Waals surface area contributed by atoms with Crippen LogP contribution in [0.3, 0.4) is 0 Å². The first-order valence-corrected chi connectivity index (χ1v) is 12.2. The van der Waals surface area contributed by atoms with Crippen molar-refractivity contribution in [2.45, 2.75) is 43.7 Å². The number of piperidine rings is 1. The quantitative estimate of drug-likeness (QED) is 0.466. The SMILES string of the molecule is O=C(c1nc(-c2ccc(F)cc2)c2cnccn12)N1CCC(O)(c2ccccc2)[C@H]2CCCC[C@H]21. The van der Waals surface area contributed by atoms with Crippen LogP contribution in [-0.4, -0.2) is 42.9 Å². The third kappa shape index (κ3) is 3.62. The summed E-state index contributed by atoms with van der Waals surface area (Å²) in [6.45, 7) is 0.456. The Hall–Kier alpha value is -3.58. The Labute approximate surface area is 203 Å². The number of carbonyl (C=O) groups excluding carboxylic acids is 1. The number of rotatable bonds is 3. The van der Waals surface area contributed by atoms with Gasteiger partial charge in [0.1, 0.15) is 5.82 Å². The summed E-state index contributed by atoms with van der Waals surface area (Å²) in [4.78, 5) is 24.9. The van der Waals surface area contributed by atoms with Crippen LogP contribution in [0.4, 0.5) is 4.39 Å². The van der Waals surface area contributed by atoms with Crippen molar-refractivity contribution in [3.05, 3.63) is 90.4 Å². The standard InChI is InChI=1S/C28H27FN4O2/c29-21-12-10-19(11-13-21)25-24-18-30-15-17-32(24)26(31-25)27(34)33-16-14-28(35,20-6-2-1-3-7-20)22-8-4-5-9-23(22)33/h1-3,6-7,10-13,15,17-18,22-23,35H,4-5,8-9,14,16H2/t22-,23+,28?/m0/s1. The lowest BCUT2D eigenvalue weighted by atomic mass is 9.66. The second-order valence-corrected chi connectivity index (χ2v) is 9.62. The maximum absolute atomic E-state index is 14.0. The number of hydrogen-bond acceptors (Lipinski definition) is 4. The summed E-state index contributed by atoms with van der Waals surface area (Å²) in [7, 11) is 0. The molecule has 1 amide bonds. The van der Waals surface area contributed by atoms with Gasteiger partial charge in [0.25, 0.3) is 5.91 Å². The van der Waals surface area contributed by atoms with Crippen molar-refractivity contribution < 1.29 is 14.3 Å². The molecule has 3 atom stereocenters. The Morgan fingerprint density at radius 1 is 1.06 bits per heavy atom. The van der Waals surface area contributed by atoms with Crippen LogP contribution in [0.25, 0.3) is 16.8 Å². The molecule has 178 valence electrons. The largest absolute Gasteiger partial charge is 0.385 e. The first-order valence-electron chi connectivity index (χ1n) is 12.2. The first kappa shape index (κ1) is 21.9. The van der Waals surface area contributed by atoms with Gasteiger partial charge in [0.05, 0.1) is 23.0 Å². The summed E-state index contributed by atoms with van der Waals surface area (Å²) >= 11 is 0. The molecule has 1 unspecified atom stereocenters. The molecule has 1 N–H and O–H groups in total. The molecule has 4 aromatic rings. The second kappa shape index (κ2) is 8.57. The van der Waals surface area contributed by atoms with Crippen LogP contribution in [0.15, 0.2) is 73.2 Å². The van der Waals surface area contributed by atoms with Gasteiger partial charge in [-0.25, -0.2) is 9.37 Å². The maximum Gasteiger partial charge on any atom is 0.290 e. The average Bonchev–Trinajstić information content (AvgIpc) is 3.29. The first-order chi connectivity index (χ1) is 17.1. The van der Waals surface area contributed by atoms with Crippen molar-refractivity contribution >= 4 is 11.4 Å². The summed E-state index contributed by atoms with van der Waals surface area (Å²) in [5, 5.41) is 11.9. The molecular formula is C28H27FN4O2. The number of nitrogens with zero attached hydrogens (tertiary/aromatic N) is 4. The molecule has 1 aliphatic heterocycles. The molecule has 1 saturated carbocycles. The summed E-state index contributed by atoms with van der Waals surface area (Å²) in [5.41, 5.74) is 2.00. The predicted molar refractivity (Wildman–Crippen MR) is 130 cm³/mol. The van der Waals surface area contributed by atoms with E-state index in [0.717, 1.165) is 36.8 Å². The van der Waals surface area contributed by atoms with Crippen molar-refractivity contribution in [1.82, 2.24) is 19.3 Å². The third-order valence-electron chi connectivity index (χ3n) is 7.77. The average molecular weight is 471 g/mol. The number of imidazole rings is 1. The highest BCUT2D eigenvalue weighted by Crippen LogP contribution is 2.47. The molecule has 35 heavy (non-hydrogen) atoms. The van der Waals surface area contributed by atoms with E-state index in [2.05, 4.69) is 4.98 Å². The molecule has 0 radical (unpaired) electrons. The van der Waals surface area contributed by atoms with E-state index in [-0.39, 0.29) is 23.7 Å². The molecule has 6 rings (SSSR count). The molecule has 0 bridgehead atoms. The number of fused-ring (bicyclic) bond motifs is 2. The third-order valence-corrected chi connectivity index (χ3v) is 7.77. The number of halogens is 1. The second-order valence-electron chi connectivity index (χ2n) is 9.62. The topological polar surface area (TPSA) is 70.7 Å². The van der Waals surface area contributed by atoms with Crippen LogP contribution in [-0.2, 0) is 5.60 Å². The number of aromatic nitrogens is 3. The normalized spacial score (nSPS) is 24.3. The van der Waals surface area contributed by atoms with Gasteiger partial charge in [0.15, 0.2) is 0 Å². The van der Waals surface area contributed by atoms with E-state index in [1.165, 1.54) is 12.1 Å². The van der Waals surface area contributed by atoms with Gasteiger partial charge in [-0.3, -0.25) is 14.2 Å². The highest BCUT2D eigenvalue weighted by atomic mass is 19.1. The number of benzene rings is 2. The van der Waals surface area contributed by atoms with Gasteiger partial charge in [-0.1, -0.05) is 43.2 Å². The van der Waals surface area contributed by atoms with Gasteiger partial charge in [-0.05, 0) is 49.1 Å². The number of carbonyl (C=O) groups is 1. The minimum atomic E-state index is -0.943. The monoisotopic (exact) mass is 470 g/mol. The summed E-state index contributed by atoms with van der Waals surface area (Å²) in [5.74, 6) is -0.183. The molecule has 3 heterocycles. The Morgan fingerprint density at radius 3 is 2.63 bits per heavy atom. The lowest BCUT2D eigenvalue weighted by Crippen LogP contribution is -2.59. The van der Waals surface area contributed by atoms with Crippen molar-refractivity contribution in [3.63, 3.8) is 0 Å². The highest BCUT2D eigenvalue weighted by molar-refractivity contribution is 5.94. The Balaban J connectivity index is 1.39. The zero-order chi connectivity index (χ0) is 24.0. The number of hydrogen-bond donors (Lipinski definition) is 1. The van der Waals surface area contributed by atoms with Crippen LogP contribution in [0.2, 0.25) is 0 Å². The van der Waals surface area contributed by atoms with Crippen LogP contribution in [0, 0.1) is 11.7 Å². The van der Waals surface area contributed by atoms with Gasteiger partial charge in [0.2, 0.25) is 5.82 Å². The number of aliphatic hydroxyl groups is 1. The highest BCUT2D eigenvalue weighted by Gasteiger charge is 2.50. The molecule has 2 fully saturated rings. The molecule has 2 aromatic carbocycles. The fourth-order valence-corrected chi connectivity index (χ4v) is 6.06. The molecule has 1 aliphatic carbocycles. The molecule has 6 nitrogen and oxygen atoms in total. The van der Waals surface area contributed by atoms with E-state index >= 15 is 0 Å². The Morgan fingerprint density at radius 2 is 1.83 bits per heavy atom. The van der Waals surface area contributed by atoms with Gasteiger partial charge in [-0.2, -0.15) is 0 Å².